The molecule has 0 aromatic heterocycles. The van der Waals surface area contributed by atoms with Gasteiger partial charge in [-0.15, -0.1) is 0 Å². The van der Waals surface area contributed by atoms with Crippen molar-refractivity contribution in [3.8, 4) is 0 Å². The first-order valence-electron chi connectivity index (χ1n) is 3.59. The van der Waals surface area contributed by atoms with E-state index in [1.54, 1.807) is 0 Å². The van der Waals surface area contributed by atoms with Crippen LogP contribution in [0.5, 0.6) is 0 Å². The van der Waals surface area contributed by atoms with Crippen molar-refractivity contribution in [2.45, 2.75) is 6.92 Å². The maximum absolute atomic E-state index is 11.2. The first kappa shape index (κ1) is 11.5. The highest BCUT2D eigenvalue weighted by Gasteiger charge is 2.19. The van der Waals surface area contributed by atoms with Crippen LogP contribution in [0.1, 0.15) is 6.92 Å². The lowest BCUT2D eigenvalue weighted by molar-refractivity contribution is -0.140. The van der Waals surface area contributed by atoms with Crippen molar-refractivity contribution in [2.75, 3.05) is 13.1 Å². The fraction of sp³-hybridized carbons (Fsp3) is 0.375. The van der Waals surface area contributed by atoms with Crippen molar-refractivity contribution < 1.29 is 14.4 Å². The second-order valence-corrected chi connectivity index (χ2v) is 2.41. The number of rotatable bonds is 4. The summed E-state index contributed by atoms with van der Waals surface area (Å²) >= 11 is 0. The van der Waals surface area contributed by atoms with Gasteiger partial charge < -0.3 is 5.73 Å². The van der Waals surface area contributed by atoms with Crippen LogP contribution in [0, 0.1) is 0 Å². The van der Waals surface area contributed by atoms with Gasteiger partial charge >= 0.3 is 0 Å². The van der Waals surface area contributed by atoms with Crippen LogP contribution < -0.4 is 5.73 Å². The molecule has 0 aliphatic carbocycles. The van der Waals surface area contributed by atoms with Crippen molar-refractivity contribution >= 4 is 18.1 Å². The number of nitrogens with two attached hydrogens (primary N) is 1. The Hall–Kier alpha value is -1.49. The van der Waals surface area contributed by atoms with Gasteiger partial charge in [0, 0.05) is 5.57 Å². The summed E-state index contributed by atoms with van der Waals surface area (Å²) in [5.74, 6) is -1.21. The lowest BCUT2D eigenvalue weighted by atomic mass is 10.3. The zero-order valence-corrected chi connectivity index (χ0v) is 7.37. The summed E-state index contributed by atoms with van der Waals surface area (Å²) in [5, 5.41) is 0. The molecule has 0 saturated heterocycles. The molecule has 0 heterocycles. The lowest BCUT2D eigenvalue weighted by Crippen LogP contribution is -2.42. The van der Waals surface area contributed by atoms with E-state index in [9.17, 15) is 14.4 Å². The van der Waals surface area contributed by atoms with E-state index in [1.807, 2.05) is 0 Å². The molecule has 0 rings (SSSR count). The minimum atomic E-state index is -0.614. The van der Waals surface area contributed by atoms with E-state index >= 15 is 0 Å². The molecule has 0 aliphatic heterocycles. The number of carbonyl (C=O) groups is 2. The van der Waals surface area contributed by atoms with Gasteiger partial charge in [-0.3, -0.25) is 19.3 Å². The smallest absolute Gasteiger partial charge is 0.255 e. The highest BCUT2D eigenvalue weighted by Crippen LogP contribution is 1.97. The van der Waals surface area contributed by atoms with Crippen LogP contribution in [-0.2, 0) is 14.4 Å². The summed E-state index contributed by atoms with van der Waals surface area (Å²) in [5.41, 5.74) is 5.22. The fourth-order valence-electron chi connectivity index (χ4n) is 0.678. The van der Waals surface area contributed by atoms with E-state index in [-0.39, 0.29) is 12.1 Å². The van der Waals surface area contributed by atoms with E-state index in [0.717, 1.165) is 4.90 Å². The lowest BCUT2D eigenvalue weighted by Gasteiger charge is -2.16. The Balaban J connectivity index is 4.59. The molecule has 0 aliphatic rings. The summed E-state index contributed by atoms with van der Waals surface area (Å²) in [6.07, 6.45) is 1.46. The van der Waals surface area contributed by atoms with E-state index < -0.39 is 18.4 Å². The number of amides is 2. The average molecular weight is 183 g/mol. The Labute approximate surface area is 76.2 Å². The van der Waals surface area contributed by atoms with Gasteiger partial charge in [0.15, 0.2) is 0 Å². The molecule has 0 fully saturated rings. The highest BCUT2D eigenvalue weighted by atomic mass is 16.2. The van der Waals surface area contributed by atoms with Crippen LogP contribution in [0.15, 0.2) is 12.2 Å². The molecule has 1 radical (unpaired) electrons. The van der Waals surface area contributed by atoms with Crippen LogP contribution >= 0.6 is 0 Å². The molecule has 0 spiro atoms. The van der Waals surface area contributed by atoms with Crippen LogP contribution in [0.25, 0.3) is 0 Å². The van der Waals surface area contributed by atoms with Crippen molar-refractivity contribution in [2.24, 2.45) is 5.73 Å². The maximum Gasteiger partial charge on any atom is 0.255 e. The summed E-state index contributed by atoms with van der Waals surface area (Å²) < 4.78 is 0. The molecule has 5 heteroatoms. The Morgan fingerprint density at radius 2 is 2.08 bits per heavy atom. The molecule has 0 saturated carbocycles. The largest absolute Gasteiger partial charge is 0.322 e. The predicted molar refractivity (Wildman–Crippen MR) is 46.3 cm³/mol. The first-order valence-corrected chi connectivity index (χ1v) is 3.59. The molecule has 0 aromatic rings. The number of imide groups is 1. The van der Waals surface area contributed by atoms with Crippen molar-refractivity contribution in [1.29, 1.82) is 0 Å². The molecule has 71 valence electrons. The third kappa shape index (κ3) is 3.16. The second-order valence-electron chi connectivity index (χ2n) is 2.41. The van der Waals surface area contributed by atoms with Crippen molar-refractivity contribution in [3.63, 3.8) is 0 Å². The summed E-state index contributed by atoms with van der Waals surface area (Å²) in [6.45, 7) is 4.09. The summed E-state index contributed by atoms with van der Waals surface area (Å²) in [7, 11) is 0. The van der Waals surface area contributed by atoms with Gasteiger partial charge in [-0.2, -0.15) is 0 Å². The molecular weight excluding hydrogens is 172 g/mol. The van der Waals surface area contributed by atoms with Crippen molar-refractivity contribution in [3.05, 3.63) is 12.2 Å². The molecule has 0 aromatic carbocycles. The number of hydrogen-bond acceptors (Lipinski definition) is 4. The van der Waals surface area contributed by atoms with Crippen LogP contribution in [0.3, 0.4) is 0 Å². The quantitative estimate of drug-likeness (QED) is 0.566. The molecule has 0 atom stereocenters. The molecule has 2 N–H and O–H groups in total. The Morgan fingerprint density at radius 1 is 1.54 bits per heavy atom. The third-order valence-corrected chi connectivity index (χ3v) is 1.31. The van der Waals surface area contributed by atoms with Gasteiger partial charge in [0.25, 0.3) is 5.91 Å². The zero-order valence-electron chi connectivity index (χ0n) is 7.37. The minimum Gasteiger partial charge on any atom is -0.322 e. The standard InChI is InChI=1S/C8H11N2O3/c1-6(2)8(13)10(3-4-11)7(12)5-9/h1,3,5,9H2,2H3. The summed E-state index contributed by atoms with van der Waals surface area (Å²) in [4.78, 5) is 33.0. The van der Waals surface area contributed by atoms with E-state index in [1.165, 1.54) is 13.2 Å². The van der Waals surface area contributed by atoms with Gasteiger partial charge in [-0.05, 0) is 6.92 Å². The van der Waals surface area contributed by atoms with Crippen LogP contribution in [-0.4, -0.2) is 36.1 Å². The highest BCUT2D eigenvalue weighted by molar-refractivity contribution is 6.05. The predicted octanol–water partition coefficient (Wildman–Crippen LogP) is -1.01. The molecule has 5 nitrogen and oxygen atoms in total. The van der Waals surface area contributed by atoms with Gasteiger partial charge in [-0.25, -0.2) is 0 Å². The fourth-order valence-corrected chi connectivity index (χ4v) is 0.678. The van der Waals surface area contributed by atoms with Gasteiger partial charge in [-0.1, -0.05) is 6.58 Å². The molecule has 0 bridgehead atoms. The Kier molecular flexibility index (Phi) is 4.61. The zero-order chi connectivity index (χ0) is 10.4. The van der Waals surface area contributed by atoms with Crippen LogP contribution in [0.2, 0.25) is 0 Å². The average Bonchev–Trinajstić information content (AvgIpc) is 2.11. The number of carbonyl (C=O) groups excluding carboxylic acids is 3. The maximum atomic E-state index is 11.2. The Bertz CT molecular complexity index is 248. The number of hydrogen-bond donors (Lipinski definition) is 1. The Morgan fingerprint density at radius 3 is 2.38 bits per heavy atom. The van der Waals surface area contributed by atoms with Gasteiger partial charge in [0.05, 0.1) is 13.1 Å². The minimum absolute atomic E-state index is 0.178. The van der Waals surface area contributed by atoms with E-state index in [0.29, 0.717) is 0 Å². The third-order valence-electron chi connectivity index (χ3n) is 1.31. The summed E-state index contributed by atoms with van der Waals surface area (Å²) in [6, 6.07) is 0. The van der Waals surface area contributed by atoms with Gasteiger partial charge in [0.1, 0.15) is 0 Å². The first-order chi connectivity index (χ1) is 6.04. The monoisotopic (exact) mass is 183 g/mol. The van der Waals surface area contributed by atoms with E-state index in [4.69, 9.17) is 5.73 Å². The SMILES string of the molecule is C=C(C)C(=O)N(C[C]=O)C(=O)CN. The van der Waals surface area contributed by atoms with Crippen LogP contribution in [0.4, 0.5) is 0 Å². The second kappa shape index (κ2) is 5.21. The number of nitrogens with zero attached hydrogens (tertiary/aromatic N) is 1. The normalized spacial score (nSPS) is 9.08. The van der Waals surface area contributed by atoms with Crippen molar-refractivity contribution in [1.82, 2.24) is 4.90 Å². The van der Waals surface area contributed by atoms with E-state index in [2.05, 4.69) is 6.58 Å². The molecule has 13 heavy (non-hydrogen) atoms. The molecular formula is C8H11N2O3. The molecule has 2 amide bonds. The topological polar surface area (TPSA) is 80.5 Å². The van der Waals surface area contributed by atoms with Gasteiger partial charge in [0.2, 0.25) is 12.2 Å². The molecule has 0 unspecified atom stereocenters.